The van der Waals surface area contributed by atoms with Crippen molar-refractivity contribution in [2.45, 2.75) is 59.3 Å². The zero-order valence-corrected chi connectivity index (χ0v) is 12.9. The van der Waals surface area contributed by atoms with Crippen LogP contribution in [0.5, 0.6) is 0 Å². The van der Waals surface area contributed by atoms with Crippen LogP contribution in [0.2, 0.25) is 0 Å². The van der Waals surface area contributed by atoms with Gasteiger partial charge in [0, 0.05) is 13.1 Å². The second kappa shape index (κ2) is 9.80. The van der Waals surface area contributed by atoms with Gasteiger partial charge in [0.2, 0.25) is 0 Å². The second-order valence-electron chi connectivity index (χ2n) is 6.33. The molecule has 1 fully saturated rings. The Hall–Kier alpha value is -0.0800. The average molecular weight is 254 g/mol. The maximum Gasteiger partial charge on any atom is 0.0107 e. The van der Waals surface area contributed by atoms with E-state index in [0.717, 1.165) is 11.8 Å². The van der Waals surface area contributed by atoms with Crippen LogP contribution < -0.4 is 5.32 Å². The van der Waals surface area contributed by atoms with Crippen molar-refractivity contribution in [1.29, 1.82) is 0 Å². The largest absolute Gasteiger partial charge is 0.315 e. The van der Waals surface area contributed by atoms with Gasteiger partial charge in [-0.3, -0.25) is 0 Å². The first-order valence-corrected chi connectivity index (χ1v) is 8.15. The summed E-state index contributed by atoms with van der Waals surface area (Å²) in [6.45, 7) is 13.2. The minimum absolute atomic E-state index is 0.850. The second-order valence-corrected chi connectivity index (χ2v) is 6.33. The molecule has 1 atom stereocenters. The molecule has 0 amide bonds. The predicted octanol–water partition coefficient (Wildman–Crippen LogP) is 3.52. The number of nitrogens with one attached hydrogen (secondary N) is 1. The summed E-state index contributed by atoms with van der Waals surface area (Å²) in [5.74, 6) is 1.84. The van der Waals surface area contributed by atoms with Gasteiger partial charge < -0.3 is 10.2 Å². The smallest absolute Gasteiger partial charge is 0.0107 e. The molecule has 0 bridgehead atoms. The van der Waals surface area contributed by atoms with Crippen LogP contribution in [0.4, 0.5) is 0 Å². The van der Waals surface area contributed by atoms with Crippen LogP contribution in [0.25, 0.3) is 0 Å². The molecule has 1 aliphatic rings. The van der Waals surface area contributed by atoms with Crippen molar-refractivity contribution in [3.05, 3.63) is 0 Å². The Labute approximate surface area is 115 Å². The molecule has 1 unspecified atom stereocenters. The van der Waals surface area contributed by atoms with Crippen LogP contribution in [-0.2, 0) is 0 Å². The Morgan fingerprint density at radius 2 is 2.00 bits per heavy atom. The van der Waals surface area contributed by atoms with Crippen molar-refractivity contribution >= 4 is 0 Å². The van der Waals surface area contributed by atoms with E-state index < -0.39 is 0 Å². The molecule has 1 saturated heterocycles. The summed E-state index contributed by atoms with van der Waals surface area (Å²) in [7, 11) is 0. The van der Waals surface area contributed by atoms with Crippen molar-refractivity contribution in [1.82, 2.24) is 10.2 Å². The summed E-state index contributed by atoms with van der Waals surface area (Å²) in [5, 5.41) is 3.59. The van der Waals surface area contributed by atoms with Gasteiger partial charge in [-0.25, -0.2) is 0 Å². The fraction of sp³-hybridized carbons (Fsp3) is 1.00. The van der Waals surface area contributed by atoms with E-state index in [1.165, 1.54) is 71.2 Å². The van der Waals surface area contributed by atoms with Gasteiger partial charge in [-0.1, -0.05) is 27.2 Å². The van der Waals surface area contributed by atoms with Gasteiger partial charge in [-0.05, 0) is 63.6 Å². The molecule has 1 rings (SSSR count). The summed E-state index contributed by atoms with van der Waals surface area (Å²) in [6, 6.07) is 0. The number of nitrogens with zero attached hydrogens (tertiary/aromatic N) is 1. The molecule has 2 heteroatoms. The van der Waals surface area contributed by atoms with E-state index >= 15 is 0 Å². The SMILES string of the molecule is CCC1CCCN(CCNCCCC(C)C)CC1. The zero-order chi connectivity index (χ0) is 13.2. The van der Waals surface area contributed by atoms with E-state index in [0.29, 0.717) is 0 Å². The highest BCUT2D eigenvalue weighted by Crippen LogP contribution is 2.19. The molecule has 18 heavy (non-hydrogen) atoms. The van der Waals surface area contributed by atoms with E-state index in [2.05, 4.69) is 31.0 Å². The minimum atomic E-state index is 0.850. The first kappa shape index (κ1) is 16.0. The Morgan fingerprint density at radius 1 is 1.17 bits per heavy atom. The molecule has 0 saturated carbocycles. The van der Waals surface area contributed by atoms with Crippen LogP contribution in [0, 0.1) is 11.8 Å². The average Bonchev–Trinajstić information content (AvgIpc) is 2.58. The van der Waals surface area contributed by atoms with Crippen molar-refractivity contribution in [3.8, 4) is 0 Å². The van der Waals surface area contributed by atoms with Gasteiger partial charge in [-0.15, -0.1) is 0 Å². The van der Waals surface area contributed by atoms with Gasteiger partial charge in [-0.2, -0.15) is 0 Å². The molecule has 2 nitrogen and oxygen atoms in total. The molecular weight excluding hydrogens is 220 g/mol. The van der Waals surface area contributed by atoms with Gasteiger partial charge in [0.25, 0.3) is 0 Å². The third-order valence-electron chi connectivity index (χ3n) is 4.26. The van der Waals surface area contributed by atoms with Crippen molar-refractivity contribution in [2.24, 2.45) is 11.8 Å². The summed E-state index contributed by atoms with van der Waals surface area (Å²) in [5.41, 5.74) is 0. The van der Waals surface area contributed by atoms with Crippen molar-refractivity contribution in [3.63, 3.8) is 0 Å². The van der Waals surface area contributed by atoms with Crippen molar-refractivity contribution in [2.75, 3.05) is 32.7 Å². The lowest BCUT2D eigenvalue weighted by Gasteiger charge is -2.20. The maximum absolute atomic E-state index is 3.59. The lowest BCUT2D eigenvalue weighted by molar-refractivity contribution is 0.279. The van der Waals surface area contributed by atoms with Gasteiger partial charge >= 0.3 is 0 Å². The molecule has 0 aromatic carbocycles. The third kappa shape index (κ3) is 7.38. The minimum Gasteiger partial charge on any atom is -0.315 e. The van der Waals surface area contributed by atoms with E-state index in [9.17, 15) is 0 Å². The van der Waals surface area contributed by atoms with Crippen LogP contribution in [0.3, 0.4) is 0 Å². The standard InChI is InChI=1S/C16H34N2/c1-4-16-8-6-12-18(13-9-16)14-11-17-10-5-7-15(2)3/h15-17H,4-14H2,1-3H3. The quantitative estimate of drug-likeness (QED) is 0.667. The van der Waals surface area contributed by atoms with Crippen LogP contribution in [0.15, 0.2) is 0 Å². The molecule has 1 heterocycles. The molecule has 0 aromatic rings. The van der Waals surface area contributed by atoms with Crippen LogP contribution in [0.1, 0.15) is 59.3 Å². The molecule has 0 aliphatic carbocycles. The Bertz CT molecular complexity index is 192. The lowest BCUT2D eigenvalue weighted by Crippen LogP contribution is -2.33. The maximum atomic E-state index is 3.59. The highest BCUT2D eigenvalue weighted by molar-refractivity contribution is 4.69. The van der Waals surface area contributed by atoms with Gasteiger partial charge in [0.1, 0.15) is 0 Å². The number of hydrogen-bond acceptors (Lipinski definition) is 2. The molecule has 0 spiro atoms. The summed E-state index contributed by atoms with van der Waals surface area (Å²) >= 11 is 0. The van der Waals surface area contributed by atoms with E-state index in [-0.39, 0.29) is 0 Å². The highest BCUT2D eigenvalue weighted by Gasteiger charge is 2.14. The summed E-state index contributed by atoms with van der Waals surface area (Å²) in [6.07, 6.45) is 8.34. The fourth-order valence-corrected chi connectivity index (χ4v) is 2.85. The van der Waals surface area contributed by atoms with Gasteiger partial charge in [0.15, 0.2) is 0 Å². The lowest BCUT2D eigenvalue weighted by atomic mass is 9.98. The van der Waals surface area contributed by atoms with Crippen LogP contribution >= 0.6 is 0 Å². The molecular formula is C16H34N2. The van der Waals surface area contributed by atoms with Crippen molar-refractivity contribution < 1.29 is 0 Å². The normalized spacial score (nSPS) is 22.3. The van der Waals surface area contributed by atoms with Gasteiger partial charge in [0.05, 0.1) is 0 Å². The third-order valence-corrected chi connectivity index (χ3v) is 4.26. The highest BCUT2D eigenvalue weighted by atomic mass is 15.1. The number of likely N-dealkylation sites (tertiary alicyclic amines) is 1. The Balaban J connectivity index is 1.98. The Morgan fingerprint density at radius 3 is 2.72 bits per heavy atom. The number of hydrogen-bond donors (Lipinski definition) is 1. The topological polar surface area (TPSA) is 15.3 Å². The molecule has 108 valence electrons. The molecule has 0 aromatic heterocycles. The van der Waals surface area contributed by atoms with Crippen LogP contribution in [-0.4, -0.2) is 37.6 Å². The molecule has 0 radical (unpaired) electrons. The molecule has 1 aliphatic heterocycles. The van der Waals surface area contributed by atoms with E-state index in [1.54, 1.807) is 0 Å². The first-order valence-electron chi connectivity index (χ1n) is 8.15. The molecule has 1 N–H and O–H groups in total. The summed E-state index contributed by atoms with van der Waals surface area (Å²) < 4.78 is 0. The first-order chi connectivity index (χ1) is 8.72. The zero-order valence-electron chi connectivity index (χ0n) is 12.9. The fourth-order valence-electron chi connectivity index (χ4n) is 2.85. The predicted molar refractivity (Wildman–Crippen MR) is 81.0 cm³/mol. The van der Waals surface area contributed by atoms with E-state index in [4.69, 9.17) is 0 Å². The van der Waals surface area contributed by atoms with E-state index in [1.807, 2.05) is 0 Å². The Kier molecular flexibility index (Phi) is 8.70. The number of rotatable bonds is 8. The summed E-state index contributed by atoms with van der Waals surface area (Å²) in [4.78, 5) is 2.66. The monoisotopic (exact) mass is 254 g/mol.